The molecule has 0 atom stereocenters. The van der Waals surface area contributed by atoms with Crippen LogP contribution >= 0.6 is 0 Å². The number of anilines is 2. The summed E-state index contributed by atoms with van der Waals surface area (Å²) in [5, 5.41) is 3.23. The van der Waals surface area contributed by atoms with Crippen molar-refractivity contribution in [2.75, 3.05) is 24.6 Å². The molecule has 1 aromatic rings. The molecule has 1 aromatic carbocycles. The number of sulfonamides is 1. The second kappa shape index (κ2) is 7.35. The number of hydrogen-bond acceptors (Lipinski definition) is 4. The summed E-state index contributed by atoms with van der Waals surface area (Å²) in [4.78, 5) is 0.184. The zero-order valence-corrected chi connectivity index (χ0v) is 12.4. The topological polar surface area (TPSA) is 84.2 Å². The Kier molecular flexibility index (Phi) is 6.11. The van der Waals surface area contributed by atoms with Crippen molar-refractivity contribution in [1.82, 2.24) is 4.72 Å². The van der Waals surface area contributed by atoms with Crippen LogP contribution in [0.1, 0.15) is 32.6 Å². The minimum atomic E-state index is -3.43. The Morgan fingerprint density at radius 1 is 1.21 bits per heavy atom. The van der Waals surface area contributed by atoms with Crippen molar-refractivity contribution in [3.63, 3.8) is 0 Å². The average Bonchev–Trinajstić information content (AvgIpc) is 2.40. The minimum Gasteiger partial charge on any atom is -0.397 e. The molecule has 0 radical (unpaired) electrons. The largest absolute Gasteiger partial charge is 0.397 e. The number of nitrogens with two attached hydrogens (primary N) is 1. The molecule has 0 fully saturated rings. The van der Waals surface area contributed by atoms with Gasteiger partial charge in [-0.3, -0.25) is 0 Å². The lowest BCUT2D eigenvalue weighted by Gasteiger charge is -2.11. The fourth-order valence-corrected chi connectivity index (χ4v) is 2.53. The third-order valence-electron chi connectivity index (χ3n) is 2.95. The molecule has 0 heterocycles. The molecule has 5 nitrogen and oxygen atoms in total. The van der Waals surface area contributed by atoms with Crippen LogP contribution in [0.5, 0.6) is 0 Å². The van der Waals surface area contributed by atoms with E-state index in [0.29, 0.717) is 5.69 Å². The molecule has 0 amide bonds. The monoisotopic (exact) mass is 285 g/mol. The molecule has 0 bridgehead atoms. The molecule has 108 valence electrons. The van der Waals surface area contributed by atoms with Crippen LogP contribution in [0, 0.1) is 0 Å². The number of unbranched alkanes of at least 4 members (excludes halogenated alkanes) is 3. The summed E-state index contributed by atoms with van der Waals surface area (Å²) < 4.78 is 25.5. The molecule has 0 unspecified atom stereocenters. The van der Waals surface area contributed by atoms with Crippen LogP contribution in [-0.4, -0.2) is 22.0 Å². The second-order valence-corrected chi connectivity index (χ2v) is 6.33. The first-order valence-electron chi connectivity index (χ1n) is 6.58. The van der Waals surface area contributed by atoms with Crippen LogP contribution in [-0.2, 0) is 10.0 Å². The summed E-state index contributed by atoms with van der Waals surface area (Å²) in [7, 11) is -2.05. The molecule has 4 N–H and O–H groups in total. The third kappa shape index (κ3) is 4.72. The molecule has 0 aromatic heterocycles. The van der Waals surface area contributed by atoms with E-state index >= 15 is 0 Å². The molecule has 0 aliphatic rings. The van der Waals surface area contributed by atoms with E-state index in [1.807, 2.05) is 0 Å². The number of nitrogens with one attached hydrogen (secondary N) is 2. The highest BCUT2D eigenvalue weighted by Gasteiger charge is 2.12. The van der Waals surface area contributed by atoms with Crippen molar-refractivity contribution < 1.29 is 8.42 Å². The molecule has 0 aliphatic carbocycles. The maximum Gasteiger partial charge on any atom is 0.240 e. The Balaban J connectivity index is 2.63. The van der Waals surface area contributed by atoms with Crippen LogP contribution in [0.15, 0.2) is 23.1 Å². The highest BCUT2D eigenvalue weighted by molar-refractivity contribution is 7.89. The Labute approximate surface area is 115 Å². The quantitative estimate of drug-likeness (QED) is 0.505. The van der Waals surface area contributed by atoms with Gasteiger partial charge >= 0.3 is 0 Å². The molecule has 0 spiro atoms. The SMILES string of the molecule is CCCCCCNc1ccc(S(=O)(=O)NC)cc1N. The van der Waals surface area contributed by atoms with Gasteiger partial charge in [0, 0.05) is 6.54 Å². The molecule has 19 heavy (non-hydrogen) atoms. The highest BCUT2D eigenvalue weighted by Crippen LogP contribution is 2.22. The summed E-state index contributed by atoms with van der Waals surface area (Å²) in [5.74, 6) is 0. The van der Waals surface area contributed by atoms with Crippen LogP contribution < -0.4 is 15.8 Å². The second-order valence-electron chi connectivity index (χ2n) is 4.44. The van der Waals surface area contributed by atoms with Gasteiger partial charge in [0.2, 0.25) is 10.0 Å². The van der Waals surface area contributed by atoms with E-state index in [-0.39, 0.29) is 4.90 Å². The lowest BCUT2D eigenvalue weighted by Crippen LogP contribution is -2.18. The summed E-state index contributed by atoms with van der Waals surface area (Å²) in [6, 6.07) is 4.73. The highest BCUT2D eigenvalue weighted by atomic mass is 32.2. The lowest BCUT2D eigenvalue weighted by molar-refractivity contribution is 0.588. The summed E-state index contributed by atoms with van der Waals surface area (Å²) >= 11 is 0. The van der Waals surface area contributed by atoms with Gasteiger partial charge in [-0.25, -0.2) is 13.1 Å². The van der Waals surface area contributed by atoms with Crippen LogP contribution in [0.2, 0.25) is 0 Å². The van der Waals surface area contributed by atoms with E-state index in [1.54, 1.807) is 12.1 Å². The molecule has 0 saturated carbocycles. The van der Waals surface area contributed by atoms with Crippen molar-refractivity contribution in [1.29, 1.82) is 0 Å². The first-order valence-corrected chi connectivity index (χ1v) is 8.06. The number of hydrogen-bond donors (Lipinski definition) is 3. The molecule has 1 rings (SSSR count). The van der Waals surface area contributed by atoms with Gasteiger partial charge in [-0.15, -0.1) is 0 Å². The van der Waals surface area contributed by atoms with Gasteiger partial charge in [-0.1, -0.05) is 26.2 Å². The molecule has 0 aliphatic heterocycles. The van der Waals surface area contributed by atoms with Gasteiger partial charge < -0.3 is 11.1 Å². The summed E-state index contributed by atoms with van der Waals surface area (Å²) in [6.07, 6.45) is 4.72. The molecule has 0 saturated heterocycles. The van der Waals surface area contributed by atoms with Crippen molar-refractivity contribution in [2.45, 2.75) is 37.5 Å². The van der Waals surface area contributed by atoms with E-state index in [2.05, 4.69) is 17.0 Å². The summed E-state index contributed by atoms with van der Waals surface area (Å²) in [6.45, 7) is 3.02. The van der Waals surface area contributed by atoms with E-state index in [4.69, 9.17) is 5.73 Å². The minimum absolute atomic E-state index is 0.184. The standard InChI is InChI=1S/C13H23N3O2S/c1-3-4-5-6-9-16-13-8-7-11(10-12(13)14)19(17,18)15-2/h7-8,10,15-16H,3-6,9,14H2,1-2H3. The van der Waals surface area contributed by atoms with Gasteiger partial charge in [-0.05, 0) is 31.7 Å². The van der Waals surface area contributed by atoms with Gasteiger partial charge in [0.25, 0.3) is 0 Å². The van der Waals surface area contributed by atoms with E-state index in [0.717, 1.165) is 18.7 Å². The van der Waals surface area contributed by atoms with Crippen LogP contribution in [0.4, 0.5) is 11.4 Å². The van der Waals surface area contributed by atoms with Crippen molar-refractivity contribution in [3.05, 3.63) is 18.2 Å². The summed E-state index contributed by atoms with van der Waals surface area (Å²) in [5.41, 5.74) is 7.09. The Bertz CT molecular complexity index is 501. The smallest absolute Gasteiger partial charge is 0.240 e. The maximum absolute atomic E-state index is 11.6. The zero-order valence-electron chi connectivity index (χ0n) is 11.6. The third-order valence-corrected chi connectivity index (χ3v) is 4.36. The molecular weight excluding hydrogens is 262 g/mol. The average molecular weight is 285 g/mol. The first kappa shape index (κ1) is 15.8. The predicted octanol–water partition coefficient (Wildman–Crippen LogP) is 2.17. The van der Waals surface area contributed by atoms with Gasteiger partial charge in [-0.2, -0.15) is 0 Å². The fraction of sp³-hybridized carbons (Fsp3) is 0.538. The predicted molar refractivity (Wildman–Crippen MR) is 79.7 cm³/mol. The fourth-order valence-electron chi connectivity index (χ4n) is 1.76. The normalized spacial score (nSPS) is 11.5. The Morgan fingerprint density at radius 3 is 2.53 bits per heavy atom. The maximum atomic E-state index is 11.6. The number of rotatable bonds is 8. The van der Waals surface area contributed by atoms with Gasteiger partial charge in [0.15, 0.2) is 0 Å². The molecule has 6 heteroatoms. The van der Waals surface area contributed by atoms with Gasteiger partial charge in [0.1, 0.15) is 0 Å². The van der Waals surface area contributed by atoms with Crippen molar-refractivity contribution in [3.8, 4) is 0 Å². The van der Waals surface area contributed by atoms with E-state index in [1.165, 1.54) is 32.4 Å². The zero-order chi connectivity index (χ0) is 14.3. The van der Waals surface area contributed by atoms with Crippen LogP contribution in [0.25, 0.3) is 0 Å². The lowest BCUT2D eigenvalue weighted by atomic mass is 10.2. The first-order chi connectivity index (χ1) is 9.01. The van der Waals surface area contributed by atoms with E-state index in [9.17, 15) is 8.42 Å². The van der Waals surface area contributed by atoms with Crippen molar-refractivity contribution in [2.24, 2.45) is 0 Å². The van der Waals surface area contributed by atoms with Crippen molar-refractivity contribution >= 4 is 21.4 Å². The number of nitrogen functional groups attached to an aromatic ring is 1. The van der Waals surface area contributed by atoms with Gasteiger partial charge in [0.05, 0.1) is 16.3 Å². The van der Waals surface area contributed by atoms with E-state index < -0.39 is 10.0 Å². The molecular formula is C13H23N3O2S. The van der Waals surface area contributed by atoms with Crippen LogP contribution in [0.3, 0.4) is 0 Å². The Hall–Kier alpha value is -1.27. The Morgan fingerprint density at radius 2 is 1.95 bits per heavy atom. The number of benzene rings is 1.